The second-order valence-corrected chi connectivity index (χ2v) is 4.16. The lowest BCUT2D eigenvalue weighted by molar-refractivity contribution is 0.0955. The Labute approximate surface area is 110 Å². The Morgan fingerprint density at radius 2 is 1.95 bits per heavy atom. The number of carbonyl (C=O) groups excluding carboxylic acids is 1. The summed E-state index contributed by atoms with van der Waals surface area (Å²) in [7, 11) is 0. The van der Waals surface area contributed by atoms with Crippen molar-refractivity contribution < 1.29 is 10.0 Å². The van der Waals surface area contributed by atoms with Gasteiger partial charge in [0, 0.05) is 18.5 Å². The summed E-state index contributed by atoms with van der Waals surface area (Å²) in [6.45, 7) is 0.335. The van der Waals surface area contributed by atoms with Crippen LogP contribution < -0.4 is 11.1 Å². The molecule has 1 amide bonds. The highest BCUT2D eigenvalue weighted by atomic mass is 16.4. The second-order valence-electron chi connectivity index (χ2n) is 4.16. The Kier molecular flexibility index (Phi) is 3.97. The number of rotatable bonds is 4. The molecule has 2 rings (SSSR count). The van der Waals surface area contributed by atoms with Gasteiger partial charge in [-0.25, -0.2) is 0 Å². The lowest BCUT2D eigenvalue weighted by Crippen LogP contribution is -2.27. The molecule has 2 aromatic rings. The van der Waals surface area contributed by atoms with Crippen molar-refractivity contribution in [3.63, 3.8) is 0 Å². The molecule has 0 aliphatic heterocycles. The lowest BCUT2D eigenvalue weighted by Gasteiger charge is -2.05. The van der Waals surface area contributed by atoms with Crippen LogP contribution in [0.4, 0.5) is 0 Å². The fourth-order valence-electron chi connectivity index (χ4n) is 1.79. The zero-order valence-electron chi connectivity index (χ0n) is 10.3. The molecular formula is C14H15N3O2. The predicted molar refractivity (Wildman–Crippen MR) is 74.3 cm³/mol. The summed E-state index contributed by atoms with van der Waals surface area (Å²) in [5.41, 5.74) is 5.92. The standard InChI is InChI=1S/C14H15N3O2/c15-13(17-19)7-8-16-14(18)12-6-5-10-3-1-2-4-11(10)9-12/h1-6,9,19H,7-8H2,(H2,15,17)(H,16,18). The smallest absolute Gasteiger partial charge is 0.251 e. The summed E-state index contributed by atoms with van der Waals surface area (Å²) in [6, 6.07) is 13.4. The quantitative estimate of drug-likeness (QED) is 0.337. The number of oxime groups is 1. The van der Waals surface area contributed by atoms with Crippen molar-refractivity contribution in [1.29, 1.82) is 0 Å². The van der Waals surface area contributed by atoms with E-state index in [0.717, 1.165) is 10.8 Å². The number of amides is 1. The monoisotopic (exact) mass is 257 g/mol. The van der Waals surface area contributed by atoms with Gasteiger partial charge in [0.15, 0.2) is 0 Å². The number of hydrogen-bond acceptors (Lipinski definition) is 3. The zero-order chi connectivity index (χ0) is 13.7. The van der Waals surface area contributed by atoms with Gasteiger partial charge in [-0.2, -0.15) is 0 Å². The first-order valence-electron chi connectivity index (χ1n) is 5.94. The van der Waals surface area contributed by atoms with Gasteiger partial charge >= 0.3 is 0 Å². The van der Waals surface area contributed by atoms with E-state index in [-0.39, 0.29) is 11.7 Å². The van der Waals surface area contributed by atoms with Crippen LogP contribution in [0.25, 0.3) is 10.8 Å². The van der Waals surface area contributed by atoms with Crippen molar-refractivity contribution >= 4 is 22.5 Å². The third-order valence-electron chi connectivity index (χ3n) is 2.81. The van der Waals surface area contributed by atoms with E-state index in [9.17, 15) is 4.79 Å². The third-order valence-corrected chi connectivity index (χ3v) is 2.81. The number of carbonyl (C=O) groups is 1. The first-order chi connectivity index (χ1) is 9.20. The zero-order valence-corrected chi connectivity index (χ0v) is 10.3. The average molecular weight is 257 g/mol. The number of hydrogen-bond donors (Lipinski definition) is 3. The van der Waals surface area contributed by atoms with Crippen LogP contribution in [0.1, 0.15) is 16.8 Å². The first kappa shape index (κ1) is 12.9. The molecule has 98 valence electrons. The summed E-state index contributed by atoms with van der Waals surface area (Å²) >= 11 is 0. The number of nitrogens with two attached hydrogens (primary N) is 1. The lowest BCUT2D eigenvalue weighted by atomic mass is 10.1. The summed E-state index contributed by atoms with van der Waals surface area (Å²) in [5, 5.41) is 16.1. The Morgan fingerprint density at radius 3 is 2.68 bits per heavy atom. The van der Waals surface area contributed by atoms with E-state index < -0.39 is 0 Å². The van der Waals surface area contributed by atoms with Crippen LogP contribution in [0.5, 0.6) is 0 Å². The van der Waals surface area contributed by atoms with Crippen LogP contribution in [0.15, 0.2) is 47.6 Å². The Hall–Kier alpha value is -2.56. The molecule has 2 aromatic carbocycles. The van der Waals surface area contributed by atoms with Crippen molar-refractivity contribution in [2.24, 2.45) is 10.9 Å². The van der Waals surface area contributed by atoms with Gasteiger partial charge < -0.3 is 16.3 Å². The van der Waals surface area contributed by atoms with E-state index in [1.54, 1.807) is 6.07 Å². The molecule has 0 aliphatic carbocycles. The van der Waals surface area contributed by atoms with Gasteiger partial charge in [0.1, 0.15) is 5.84 Å². The fourth-order valence-corrected chi connectivity index (χ4v) is 1.79. The largest absolute Gasteiger partial charge is 0.409 e. The minimum atomic E-state index is -0.170. The third kappa shape index (κ3) is 3.22. The summed E-state index contributed by atoms with van der Waals surface area (Å²) in [4.78, 5) is 11.9. The van der Waals surface area contributed by atoms with Gasteiger partial charge in [0.05, 0.1) is 0 Å². The van der Waals surface area contributed by atoms with Crippen molar-refractivity contribution in [2.45, 2.75) is 6.42 Å². The molecule has 0 aliphatic rings. The molecule has 0 spiro atoms. The number of benzene rings is 2. The van der Waals surface area contributed by atoms with Crippen molar-refractivity contribution in [2.75, 3.05) is 6.54 Å². The minimum absolute atomic E-state index is 0.0961. The predicted octanol–water partition coefficient (Wildman–Crippen LogP) is 1.71. The number of fused-ring (bicyclic) bond motifs is 1. The normalized spacial score (nSPS) is 11.5. The summed E-state index contributed by atoms with van der Waals surface area (Å²) in [6.07, 6.45) is 0.315. The number of nitrogens with one attached hydrogen (secondary N) is 1. The van der Waals surface area contributed by atoms with Crippen molar-refractivity contribution in [3.05, 3.63) is 48.0 Å². The Balaban J connectivity index is 2.05. The van der Waals surface area contributed by atoms with E-state index in [2.05, 4.69) is 10.5 Å². The molecule has 0 fully saturated rings. The van der Waals surface area contributed by atoms with Gasteiger partial charge in [-0.15, -0.1) is 0 Å². The van der Waals surface area contributed by atoms with E-state index in [1.807, 2.05) is 36.4 Å². The first-order valence-corrected chi connectivity index (χ1v) is 5.94. The summed E-state index contributed by atoms with van der Waals surface area (Å²) in [5.74, 6) is -0.0738. The molecule has 0 radical (unpaired) electrons. The maximum atomic E-state index is 11.9. The van der Waals surface area contributed by atoms with Gasteiger partial charge in [-0.1, -0.05) is 35.5 Å². The van der Waals surface area contributed by atoms with Crippen LogP contribution in [0.3, 0.4) is 0 Å². The highest BCUT2D eigenvalue weighted by Gasteiger charge is 2.05. The SMILES string of the molecule is NC(CCNC(=O)c1ccc2ccccc2c1)=NO. The molecule has 5 nitrogen and oxygen atoms in total. The van der Waals surface area contributed by atoms with Gasteiger partial charge in [0.2, 0.25) is 0 Å². The Morgan fingerprint density at radius 1 is 1.21 bits per heavy atom. The highest BCUT2D eigenvalue weighted by Crippen LogP contribution is 2.15. The fraction of sp³-hybridized carbons (Fsp3) is 0.143. The van der Waals surface area contributed by atoms with Crippen molar-refractivity contribution in [3.8, 4) is 0 Å². The van der Waals surface area contributed by atoms with Crippen LogP contribution >= 0.6 is 0 Å². The molecule has 0 atom stereocenters. The number of nitrogens with zero attached hydrogens (tertiary/aromatic N) is 1. The molecule has 0 saturated heterocycles. The second kappa shape index (κ2) is 5.86. The molecule has 0 bridgehead atoms. The van der Waals surface area contributed by atoms with Crippen LogP contribution in [-0.4, -0.2) is 23.5 Å². The minimum Gasteiger partial charge on any atom is -0.409 e. The Bertz CT molecular complexity index is 623. The molecule has 5 heteroatoms. The van der Waals surface area contributed by atoms with Gasteiger partial charge in [-0.3, -0.25) is 4.79 Å². The van der Waals surface area contributed by atoms with Crippen LogP contribution in [-0.2, 0) is 0 Å². The van der Waals surface area contributed by atoms with Gasteiger partial charge in [0.25, 0.3) is 5.91 Å². The van der Waals surface area contributed by atoms with E-state index >= 15 is 0 Å². The highest BCUT2D eigenvalue weighted by molar-refractivity contribution is 5.98. The molecule has 19 heavy (non-hydrogen) atoms. The number of amidine groups is 1. The molecule has 0 unspecified atom stereocenters. The molecule has 4 N–H and O–H groups in total. The topological polar surface area (TPSA) is 87.7 Å². The summed E-state index contributed by atoms with van der Waals surface area (Å²) < 4.78 is 0. The molecule has 0 saturated carbocycles. The van der Waals surface area contributed by atoms with E-state index in [4.69, 9.17) is 10.9 Å². The maximum absolute atomic E-state index is 11.9. The van der Waals surface area contributed by atoms with E-state index in [0.29, 0.717) is 18.5 Å². The van der Waals surface area contributed by atoms with E-state index in [1.165, 1.54) is 0 Å². The van der Waals surface area contributed by atoms with Crippen LogP contribution in [0.2, 0.25) is 0 Å². The molecule has 0 heterocycles. The van der Waals surface area contributed by atoms with Gasteiger partial charge in [-0.05, 0) is 22.9 Å². The van der Waals surface area contributed by atoms with Crippen LogP contribution in [0, 0.1) is 0 Å². The molecule has 0 aromatic heterocycles. The van der Waals surface area contributed by atoms with Crippen molar-refractivity contribution in [1.82, 2.24) is 5.32 Å². The maximum Gasteiger partial charge on any atom is 0.251 e. The molecular weight excluding hydrogens is 242 g/mol. The average Bonchev–Trinajstić information content (AvgIpc) is 2.46.